The van der Waals surface area contributed by atoms with Crippen molar-refractivity contribution in [3.63, 3.8) is 0 Å². The van der Waals surface area contributed by atoms with E-state index < -0.39 is 6.16 Å². The Labute approximate surface area is 78.8 Å². The second-order valence-electron chi connectivity index (χ2n) is 3.41. The van der Waals surface area contributed by atoms with Crippen LogP contribution in [0.3, 0.4) is 0 Å². The van der Waals surface area contributed by atoms with E-state index in [9.17, 15) is 0 Å². The quantitative estimate of drug-likeness (QED) is 0.486. The van der Waals surface area contributed by atoms with Crippen molar-refractivity contribution in [2.24, 2.45) is 5.73 Å². The Kier molecular flexibility index (Phi) is 7.55. The van der Waals surface area contributed by atoms with E-state index in [1.807, 2.05) is 27.7 Å². The number of ether oxygens (including phenoxy) is 2. The molecule has 5 heteroatoms. The van der Waals surface area contributed by atoms with Crippen molar-refractivity contribution in [1.29, 1.82) is 0 Å². The van der Waals surface area contributed by atoms with E-state index in [1.165, 1.54) is 0 Å². The summed E-state index contributed by atoms with van der Waals surface area (Å²) >= 11 is 0. The van der Waals surface area contributed by atoms with Crippen LogP contribution in [-0.4, -0.2) is 30.2 Å². The van der Waals surface area contributed by atoms with Gasteiger partial charge in [0.25, 0.3) is 0 Å². The number of carboxylic acid groups (broad SMARTS) is 1. The zero-order valence-corrected chi connectivity index (χ0v) is 8.83. The highest BCUT2D eigenvalue weighted by atomic mass is 16.6. The fourth-order valence-corrected chi connectivity index (χ4v) is 0.558. The average Bonchev–Trinajstić information content (AvgIpc) is 1.83. The highest BCUT2D eigenvalue weighted by Crippen LogP contribution is 2.06. The summed E-state index contributed by atoms with van der Waals surface area (Å²) in [5.41, 5.74) is 5.25. The lowest BCUT2D eigenvalue weighted by Crippen LogP contribution is -2.30. The van der Waals surface area contributed by atoms with Gasteiger partial charge in [0.2, 0.25) is 0 Å². The molecule has 0 saturated carbocycles. The number of methoxy groups -OCH3 is 1. The molecule has 0 aliphatic carbocycles. The summed E-state index contributed by atoms with van der Waals surface area (Å²) in [6.07, 6.45) is -1.40. The van der Waals surface area contributed by atoms with E-state index in [2.05, 4.69) is 4.74 Å². The smallest absolute Gasteiger partial charge is 0.450 e. The summed E-state index contributed by atoms with van der Waals surface area (Å²) in [7, 11) is 1.10. The molecule has 0 rings (SSSR count). The molecule has 3 N–H and O–H groups in total. The lowest BCUT2D eigenvalue weighted by atomic mass is 10.2. The maximum atomic E-state index is 9.15. The normalized spacial score (nSPS) is 12.5. The Balaban J connectivity index is 0. The number of carbonyl (C=O) groups is 1. The predicted octanol–water partition coefficient (Wildman–Crippen LogP) is 1.42. The fourth-order valence-electron chi connectivity index (χ4n) is 0.558. The number of nitrogens with two attached hydrogens (primary N) is 1. The number of hydrogen-bond acceptors (Lipinski definition) is 4. The van der Waals surface area contributed by atoms with Crippen molar-refractivity contribution >= 4 is 6.16 Å². The second kappa shape index (κ2) is 6.68. The summed E-state index contributed by atoms with van der Waals surface area (Å²) in [5.74, 6) is 0. The maximum Gasteiger partial charge on any atom is 0.505 e. The Morgan fingerprint density at radius 1 is 1.46 bits per heavy atom. The van der Waals surface area contributed by atoms with Crippen LogP contribution in [0.5, 0.6) is 0 Å². The van der Waals surface area contributed by atoms with Gasteiger partial charge in [-0.1, -0.05) is 0 Å². The summed E-state index contributed by atoms with van der Waals surface area (Å²) in [6.45, 7) is 7.77. The van der Waals surface area contributed by atoms with Gasteiger partial charge in [-0.2, -0.15) is 0 Å². The number of hydrogen-bond donors (Lipinski definition) is 2. The molecule has 1 atom stereocenters. The van der Waals surface area contributed by atoms with Crippen LogP contribution in [0.25, 0.3) is 0 Å². The molecule has 0 aromatic carbocycles. The fraction of sp³-hybridized carbons (Fsp3) is 0.875. The first-order valence-electron chi connectivity index (χ1n) is 3.89. The maximum absolute atomic E-state index is 9.15. The largest absolute Gasteiger partial charge is 0.505 e. The molecule has 0 aliphatic heterocycles. The summed E-state index contributed by atoms with van der Waals surface area (Å²) in [5, 5.41) is 7.50. The molecule has 0 aromatic heterocycles. The highest BCUT2D eigenvalue weighted by Gasteiger charge is 2.11. The highest BCUT2D eigenvalue weighted by molar-refractivity contribution is 5.56. The van der Waals surface area contributed by atoms with Crippen LogP contribution in [0.1, 0.15) is 27.7 Å². The first-order valence-corrected chi connectivity index (χ1v) is 3.89. The number of rotatable bonds is 1. The molecule has 13 heavy (non-hydrogen) atoms. The Hall–Kier alpha value is -0.810. The van der Waals surface area contributed by atoms with Gasteiger partial charge in [-0.3, -0.25) is 0 Å². The van der Waals surface area contributed by atoms with Gasteiger partial charge in [-0.25, -0.2) is 4.79 Å². The third-order valence-electron chi connectivity index (χ3n) is 0.714. The van der Waals surface area contributed by atoms with Crippen LogP contribution in [-0.2, 0) is 9.47 Å². The molecule has 0 aromatic rings. The molecule has 0 spiro atoms. The molecular formula is C8H19NO4. The zero-order chi connectivity index (χ0) is 11.1. The molecule has 0 saturated heterocycles. The standard InChI is InChI=1S/C6H15NO.C2H4O3/c1-5(7)8-6(2,3)4;1-5-2(3)4/h5H,7H2,1-4H3;1H3,(H,3,4). The van der Waals surface area contributed by atoms with Crippen molar-refractivity contribution < 1.29 is 19.4 Å². The van der Waals surface area contributed by atoms with Gasteiger partial charge >= 0.3 is 6.16 Å². The average molecular weight is 193 g/mol. The van der Waals surface area contributed by atoms with Crippen LogP contribution >= 0.6 is 0 Å². The van der Waals surface area contributed by atoms with Gasteiger partial charge in [0.1, 0.15) is 6.23 Å². The first kappa shape index (κ1) is 14.7. The van der Waals surface area contributed by atoms with E-state index in [1.54, 1.807) is 0 Å². The Morgan fingerprint density at radius 3 is 1.77 bits per heavy atom. The molecule has 0 fully saturated rings. The summed E-state index contributed by atoms with van der Waals surface area (Å²) in [4.78, 5) is 9.15. The van der Waals surface area contributed by atoms with Crippen molar-refractivity contribution in [3.8, 4) is 0 Å². The molecule has 0 heterocycles. The van der Waals surface area contributed by atoms with Crippen molar-refractivity contribution in [3.05, 3.63) is 0 Å². The van der Waals surface area contributed by atoms with Crippen LogP contribution in [0.15, 0.2) is 0 Å². The van der Waals surface area contributed by atoms with Gasteiger partial charge in [0.05, 0.1) is 12.7 Å². The minimum Gasteiger partial charge on any atom is -0.450 e. The molecule has 0 amide bonds. The van der Waals surface area contributed by atoms with E-state index in [0.717, 1.165) is 7.11 Å². The van der Waals surface area contributed by atoms with Gasteiger partial charge in [0, 0.05) is 0 Å². The van der Waals surface area contributed by atoms with Crippen molar-refractivity contribution in [1.82, 2.24) is 0 Å². The Bertz CT molecular complexity index is 140. The van der Waals surface area contributed by atoms with Gasteiger partial charge in [-0.05, 0) is 27.7 Å². The summed E-state index contributed by atoms with van der Waals surface area (Å²) in [6, 6.07) is 0. The summed E-state index contributed by atoms with van der Waals surface area (Å²) < 4.78 is 8.88. The third-order valence-corrected chi connectivity index (χ3v) is 0.714. The second-order valence-corrected chi connectivity index (χ2v) is 3.41. The van der Waals surface area contributed by atoms with Crippen LogP contribution < -0.4 is 5.73 Å². The van der Waals surface area contributed by atoms with Crippen LogP contribution in [0.4, 0.5) is 4.79 Å². The van der Waals surface area contributed by atoms with Crippen LogP contribution in [0.2, 0.25) is 0 Å². The molecule has 0 radical (unpaired) electrons. The topological polar surface area (TPSA) is 81.8 Å². The SMILES string of the molecule is CC(N)OC(C)(C)C.COC(=O)O. The third kappa shape index (κ3) is 24.7. The van der Waals surface area contributed by atoms with E-state index >= 15 is 0 Å². The molecule has 80 valence electrons. The molecule has 5 nitrogen and oxygen atoms in total. The Morgan fingerprint density at radius 2 is 1.77 bits per heavy atom. The minimum absolute atomic E-state index is 0.103. The molecule has 1 unspecified atom stereocenters. The van der Waals surface area contributed by atoms with Crippen molar-refractivity contribution in [2.75, 3.05) is 7.11 Å². The lowest BCUT2D eigenvalue weighted by Gasteiger charge is -2.21. The van der Waals surface area contributed by atoms with E-state index in [-0.39, 0.29) is 11.8 Å². The molecular weight excluding hydrogens is 174 g/mol. The lowest BCUT2D eigenvalue weighted by molar-refractivity contribution is -0.0479. The first-order chi connectivity index (χ1) is 5.69. The predicted molar refractivity (Wildman–Crippen MR) is 49.5 cm³/mol. The molecule has 0 aliphatic rings. The van der Waals surface area contributed by atoms with Gasteiger partial charge < -0.3 is 20.3 Å². The molecule has 0 bridgehead atoms. The van der Waals surface area contributed by atoms with Crippen LogP contribution in [0, 0.1) is 0 Å². The minimum atomic E-state index is -1.25. The van der Waals surface area contributed by atoms with E-state index in [0.29, 0.717) is 0 Å². The monoisotopic (exact) mass is 193 g/mol. The van der Waals surface area contributed by atoms with E-state index in [4.69, 9.17) is 20.4 Å². The zero-order valence-electron chi connectivity index (χ0n) is 8.83. The van der Waals surface area contributed by atoms with Gasteiger partial charge in [-0.15, -0.1) is 0 Å². The van der Waals surface area contributed by atoms with Gasteiger partial charge in [0.15, 0.2) is 0 Å². The van der Waals surface area contributed by atoms with Crippen molar-refractivity contribution in [2.45, 2.75) is 39.5 Å².